The summed E-state index contributed by atoms with van der Waals surface area (Å²) in [4.78, 5) is 31.0. The fraction of sp³-hybridized carbons (Fsp3) is 0.130. The zero-order chi connectivity index (χ0) is 20.0. The van der Waals surface area contributed by atoms with Gasteiger partial charge in [0.2, 0.25) is 0 Å². The number of anilines is 1. The predicted octanol–water partition coefficient (Wildman–Crippen LogP) is 4.74. The molecule has 0 spiro atoms. The molecule has 0 fully saturated rings. The van der Waals surface area contributed by atoms with Gasteiger partial charge in [0.1, 0.15) is 5.70 Å². The molecule has 2 aliphatic rings. The highest BCUT2D eigenvalue weighted by molar-refractivity contribution is 7.11. The van der Waals surface area contributed by atoms with Crippen molar-refractivity contribution in [3.05, 3.63) is 92.8 Å². The molecule has 6 heteroatoms. The highest BCUT2D eigenvalue weighted by atomic mass is 35.5. The van der Waals surface area contributed by atoms with Crippen molar-refractivity contribution >= 4 is 46.0 Å². The second kappa shape index (κ2) is 7.17. The standard InChI is InChI=1S/C23H17ClN2O2S/c24-17-7-3-8-18(13-17)26-22(27)20(19-9-4-12-29-19)21(23(26)28)25-11-10-15-5-1-2-6-16(15)14-25/h1-9,12-13H,10-11,14H2. The van der Waals surface area contributed by atoms with Crippen molar-refractivity contribution in [1.29, 1.82) is 0 Å². The highest BCUT2D eigenvalue weighted by Gasteiger charge is 2.43. The van der Waals surface area contributed by atoms with E-state index in [9.17, 15) is 9.59 Å². The molecule has 2 aromatic carbocycles. The number of amides is 2. The van der Waals surface area contributed by atoms with Crippen LogP contribution in [0.5, 0.6) is 0 Å². The third-order valence-corrected chi connectivity index (χ3v) is 6.46. The summed E-state index contributed by atoms with van der Waals surface area (Å²) in [6.45, 7) is 1.31. The van der Waals surface area contributed by atoms with E-state index in [1.54, 1.807) is 24.3 Å². The molecule has 0 saturated carbocycles. The normalized spacial score (nSPS) is 16.6. The number of imide groups is 1. The number of fused-ring (bicyclic) bond motifs is 1. The first-order chi connectivity index (χ1) is 14.1. The van der Waals surface area contributed by atoms with Gasteiger partial charge in [0.05, 0.1) is 11.3 Å². The summed E-state index contributed by atoms with van der Waals surface area (Å²) in [6.07, 6.45) is 0.843. The summed E-state index contributed by atoms with van der Waals surface area (Å²) in [6, 6.07) is 18.9. The Labute approximate surface area is 177 Å². The van der Waals surface area contributed by atoms with Gasteiger partial charge in [-0.25, -0.2) is 4.90 Å². The average Bonchev–Trinajstić information content (AvgIpc) is 3.33. The molecular weight excluding hydrogens is 404 g/mol. The van der Waals surface area contributed by atoms with Crippen molar-refractivity contribution in [1.82, 2.24) is 4.90 Å². The van der Waals surface area contributed by atoms with Crippen LogP contribution in [-0.2, 0) is 22.6 Å². The lowest BCUT2D eigenvalue weighted by Gasteiger charge is -2.31. The van der Waals surface area contributed by atoms with E-state index in [2.05, 4.69) is 12.1 Å². The van der Waals surface area contributed by atoms with Crippen LogP contribution in [-0.4, -0.2) is 23.3 Å². The molecule has 3 aromatic rings. The number of hydrogen-bond donors (Lipinski definition) is 0. The van der Waals surface area contributed by atoms with Gasteiger partial charge in [0.25, 0.3) is 11.8 Å². The average molecular weight is 421 g/mol. The Bertz CT molecular complexity index is 1150. The van der Waals surface area contributed by atoms with Crippen molar-refractivity contribution in [2.24, 2.45) is 0 Å². The lowest BCUT2D eigenvalue weighted by atomic mass is 9.99. The van der Waals surface area contributed by atoms with Crippen LogP contribution in [0.3, 0.4) is 0 Å². The van der Waals surface area contributed by atoms with Crippen molar-refractivity contribution < 1.29 is 9.59 Å². The Morgan fingerprint density at radius 1 is 0.897 bits per heavy atom. The van der Waals surface area contributed by atoms with E-state index in [-0.39, 0.29) is 11.8 Å². The summed E-state index contributed by atoms with van der Waals surface area (Å²) < 4.78 is 0. The monoisotopic (exact) mass is 420 g/mol. The molecular formula is C23H17ClN2O2S. The number of rotatable bonds is 3. The topological polar surface area (TPSA) is 40.6 Å². The van der Waals surface area contributed by atoms with Gasteiger partial charge in [-0.1, -0.05) is 48.0 Å². The maximum absolute atomic E-state index is 13.5. The second-order valence-corrected chi connectivity index (χ2v) is 8.45. The SMILES string of the molecule is O=C1C(c2cccs2)=C(N2CCc3ccccc3C2)C(=O)N1c1cccc(Cl)c1. The molecule has 3 heterocycles. The minimum absolute atomic E-state index is 0.292. The molecule has 0 saturated heterocycles. The first kappa shape index (κ1) is 18.2. The van der Waals surface area contributed by atoms with E-state index in [1.807, 2.05) is 34.5 Å². The van der Waals surface area contributed by atoms with Gasteiger partial charge in [-0.15, -0.1) is 11.3 Å². The first-order valence-corrected chi connectivity index (χ1v) is 10.6. The van der Waals surface area contributed by atoms with Gasteiger partial charge in [-0.05, 0) is 47.2 Å². The predicted molar refractivity (Wildman–Crippen MR) is 116 cm³/mol. The number of benzene rings is 2. The Morgan fingerprint density at radius 3 is 2.48 bits per heavy atom. The lowest BCUT2D eigenvalue weighted by molar-refractivity contribution is -0.120. The molecule has 144 valence electrons. The van der Waals surface area contributed by atoms with Crippen LogP contribution in [0.25, 0.3) is 5.57 Å². The first-order valence-electron chi connectivity index (χ1n) is 9.38. The van der Waals surface area contributed by atoms with Crippen LogP contribution in [0.1, 0.15) is 16.0 Å². The molecule has 1 aromatic heterocycles. The van der Waals surface area contributed by atoms with Gasteiger partial charge in [0.15, 0.2) is 0 Å². The maximum Gasteiger partial charge on any atom is 0.282 e. The summed E-state index contributed by atoms with van der Waals surface area (Å²) in [5.41, 5.74) is 3.94. The van der Waals surface area contributed by atoms with Gasteiger partial charge in [-0.2, -0.15) is 0 Å². The molecule has 0 unspecified atom stereocenters. The Morgan fingerprint density at radius 2 is 1.72 bits per heavy atom. The number of nitrogens with zero attached hydrogens (tertiary/aromatic N) is 2. The minimum Gasteiger partial charge on any atom is -0.362 e. The summed E-state index contributed by atoms with van der Waals surface area (Å²) in [5, 5.41) is 2.41. The van der Waals surface area contributed by atoms with E-state index in [1.165, 1.54) is 27.4 Å². The number of hydrogen-bond acceptors (Lipinski definition) is 4. The van der Waals surface area contributed by atoms with Gasteiger partial charge >= 0.3 is 0 Å². The largest absolute Gasteiger partial charge is 0.362 e. The molecule has 0 bridgehead atoms. The van der Waals surface area contributed by atoms with Crippen LogP contribution < -0.4 is 4.90 Å². The van der Waals surface area contributed by atoms with Gasteiger partial charge in [-0.3, -0.25) is 9.59 Å². The van der Waals surface area contributed by atoms with E-state index < -0.39 is 0 Å². The smallest absolute Gasteiger partial charge is 0.282 e. The molecule has 2 amide bonds. The Balaban J connectivity index is 1.61. The van der Waals surface area contributed by atoms with Crippen molar-refractivity contribution in [2.75, 3.05) is 11.4 Å². The minimum atomic E-state index is -0.298. The van der Waals surface area contributed by atoms with E-state index >= 15 is 0 Å². The molecule has 5 rings (SSSR count). The third kappa shape index (κ3) is 3.07. The van der Waals surface area contributed by atoms with Crippen LogP contribution in [0, 0.1) is 0 Å². The molecule has 0 atom stereocenters. The summed E-state index contributed by atoms with van der Waals surface area (Å²) in [7, 11) is 0. The van der Waals surface area contributed by atoms with Crippen molar-refractivity contribution in [2.45, 2.75) is 13.0 Å². The highest BCUT2D eigenvalue weighted by Crippen LogP contribution is 2.38. The molecule has 29 heavy (non-hydrogen) atoms. The van der Waals surface area contributed by atoms with Crippen molar-refractivity contribution in [3.8, 4) is 0 Å². The zero-order valence-corrected chi connectivity index (χ0v) is 17.0. The van der Waals surface area contributed by atoms with Gasteiger partial charge < -0.3 is 4.90 Å². The van der Waals surface area contributed by atoms with Crippen molar-refractivity contribution in [3.63, 3.8) is 0 Å². The number of carbonyl (C=O) groups is 2. The molecule has 4 nitrogen and oxygen atoms in total. The quantitative estimate of drug-likeness (QED) is 0.574. The van der Waals surface area contributed by atoms with Crippen LogP contribution in [0.15, 0.2) is 71.7 Å². The number of halogens is 1. The fourth-order valence-electron chi connectivity index (χ4n) is 3.99. The summed E-state index contributed by atoms with van der Waals surface area (Å²) >= 11 is 7.59. The molecule has 0 N–H and O–H groups in total. The molecule has 2 aliphatic heterocycles. The Hall–Kier alpha value is -2.89. The molecule has 0 aliphatic carbocycles. The fourth-order valence-corrected chi connectivity index (χ4v) is 4.94. The van der Waals surface area contributed by atoms with E-state index in [0.717, 1.165) is 11.3 Å². The van der Waals surface area contributed by atoms with Gasteiger partial charge in [0, 0.05) is 23.0 Å². The van der Waals surface area contributed by atoms with Crippen LogP contribution >= 0.6 is 22.9 Å². The second-order valence-electron chi connectivity index (χ2n) is 7.07. The zero-order valence-electron chi connectivity index (χ0n) is 15.5. The third-order valence-electron chi connectivity index (χ3n) is 5.34. The maximum atomic E-state index is 13.5. The number of thiophene rings is 1. The Kier molecular flexibility index (Phi) is 4.49. The van der Waals surface area contributed by atoms with Crippen LogP contribution in [0.4, 0.5) is 5.69 Å². The lowest BCUT2D eigenvalue weighted by Crippen LogP contribution is -2.37. The van der Waals surface area contributed by atoms with E-state index in [4.69, 9.17) is 11.6 Å². The van der Waals surface area contributed by atoms with E-state index in [0.29, 0.717) is 35.1 Å². The summed E-state index contributed by atoms with van der Waals surface area (Å²) in [5.74, 6) is -0.589. The number of carbonyl (C=O) groups excluding carboxylic acids is 2. The molecule has 0 radical (unpaired) electrons. The van der Waals surface area contributed by atoms with Crippen LogP contribution in [0.2, 0.25) is 5.02 Å².